The Bertz CT molecular complexity index is 1020. The number of carbonyl (C=O) groups excluding carboxylic acids is 1. The van der Waals surface area contributed by atoms with E-state index in [1.54, 1.807) is 18.8 Å². The molecule has 3 aromatic rings. The van der Waals surface area contributed by atoms with E-state index in [1.165, 1.54) is 33.8 Å². The summed E-state index contributed by atoms with van der Waals surface area (Å²) in [6, 6.07) is 22.9. The highest BCUT2D eigenvalue weighted by Gasteiger charge is 2.17. The van der Waals surface area contributed by atoms with Crippen molar-refractivity contribution in [2.75, 3.05) is 14.2 Å². The molecule has 3 nitrogen and oxygen atoms in total. The minimum Gasteiger partial charge on any atom is -0.274 e. The van der Waals surface area contributed by atoms with Crippen molar-refractivity contribution in [3.8, 4) is 0 Å². The number of nitrogens with zero attached hydrogens (tertiary/aromatic N) is 1. The molecule has 3 aromatic carbocycles. The van der Waals surface area contributed by atoms with Crippen LogP contribution >= 0.6 is 11.8 Å². The van der Waals surface area contributed by atoms with Crippen molar-refractivity contribution in [3.63, 3.8) is 0 Å². The van der Waals surface area contributed by atoms with Crippen molar-refractivity contribution in [2.24, 2.45) is 0 Å². The van der Waals surface area contributed by atoms with Gasteiger partial charge in [-0.25, -0.2) is 5.06 Å². The summed E-state index contributed by atoms with van der Waals surface area (Å²) in [7, 11) is 3.10. The standard InChI is InChI=1S/C25H27NO2S/c1-17-10-6-7-11-21(17)19(3)22-12-8-9-13-24(22)29-23-15-14-20(16-18(23)2)25(27)26(4)28-5/h6-16,19H,1-5H3. The van der Waals surface area contributed by atoms with Crippen molar-refractivity contribution in [1.82, 2.24) is 5.06 Å². The van der Waals surface area contributed by atoms with Gasteiger partial charge in [0.15, 0.2) is 0 Å². The molecule has 0 aliphatic heterocycles. The van der Waals surface area contributed by atoms with Gasteiger partial charge in [0.2, 0.25) is 0 Å². The summed E-state index contributed by atoms with van der Waals surface area (Å²) in [5.41, 5.74) is 5.66. The highest BCUT2D eigenvalue weighted by molar-refractivity contribution is 7.99. The average molecular weight is 406 g/mol. The first-order valence-corrected chi connectivity index (χ1v) is 10.5. The van der Waals surface area contributed by atoms with Crippen LogP contribution < -0.4 is 0 Å². The van der Waals surface area contributed by atoms with E-state index in [0.29, 0.717) is 11.5 Å². The predicted octanol–water partition coefficient (Wildman–Crippen LogP) is 6.24. The first kappa shape index (κ1) is 21.2. The van der Waals surface area contributed by atoms with Crippen molar-refractivity contribution in [3.05, 3.63) is 94.5 Å². The first-order valence-electron chi connectivity index (χ1n) is 9.67. The Balaban J connectivity index is 1.90. The molecule has 0 N–H and O–H groups in total. The predicted molar refractivity (Wildman–Crippen MR) is 120 cm³/mol. The van der Waals surface area contributed by atoms with Crippen LogP contribution in [0.3, 0.4) is 0 Å². The van der Waals surface area contributed by atoms with Gasteiger partial charge in [-0.2, -0.15) is 0 Å². The molecule has 0 spiro atoms. The lowest BCUT2D eigenvalue weighted by molar-refractivity contribution is -0.0757. The maximum absolute atomic E-state index is 12.3. The molecule has 0 bridgehead atoms. The van der Waals surface area contributed by atoms with E-state index in [1.807, 2.05) is 25.1 Å². The van der Waals surface area contributed by atoms with Crippen LogP contribution in [0.1, 0.15) is 45.5 Å². The molecular formula is C25H27NO2S. The number of rotatable bonds is 6. The second-order valence-corrected chi connectivity index (χ2v) is 8.27. The summed E-state index contributed by atoms with van der Waals surface area (Å²) < 4.78 is 0. The zero-order valence-corrected chi connectivity index (χ0v) is 18.4. The van der Waals surface area contributed by atoms with Gasteiger partial charge in [0.1, 0.15) is 0 Å². The SMILES string of the molecule is CON(C)C(=O)c1ccc(Sc2ccccc2C(C)c2ccccc2C)c(C)c1. The average Bonchev–Trinajstić information content (AvgIpc) is 2.74. The third-order valence-corrected chi connectivity index (χ3v) is 6.51. The fourth-order valence-electron chi connectivity index (χ4n) is 3.45. The van der Waals surface area contributed by atoms with Gasteiger partial charge in [-0.05, 0) is 60.4 Å². The number of aryl methyl sites for hydroxylation is 2. The van der Waals surface area contributed by atoms with Crippen LogP contribution in [-0.4, -0.2) is 25.1 Å². The molecule has 150 valence electrons. The Labute approximate surface area is 177 Å². The topological polar surface area (TPSA) is 29.5 Å². The number of benzene rings is 3. The summed E-state index contributed by atoms with van der Waals surface area (Å²) in [6.45, 7) is 6.47. The van der Waals surface area contributed by atoms with E-state index >= 15 is 0 Å². The van der Waals surface area contributed by atoms with Crippen LogP contribution in [0.5, 0.6) is 0 Å². The van der Waals surface area contributed by atoms with Crippen molar-refractivity contribution in [1.29, 1.82) is 0 Å². The van der Waals surface area contributed by atoms with Gasteiger partial charge in [-0.1, -0.05) is 61.2 Å². The van der Waals surface area contributed by atoms with E-state index in [0.717, 1.165) is 10.5 Å². The molecule has 4 heteroatoms. The fraction of sp³-hybridized carbons (Fsp3) is 0.240. The van der Waals surface area contributed by atoms with Gasteiger partial charge >= 0.3 is 0 Å². The Morgan fingerprint density at radius 1 is 0.897 bits per heavy atom. The smallest absolute Gasteiger partial charge is 0.274 e. The zero-order valence-electron chi connectivity index (χ0n) is 17.6. The van der Waals surface area contributed by atoms with Crippen LogP contribution in [-0.2, 0) is 4.84 Å². The Morgan fingerprint density at radius 2 is 1.55 bits per heavy atom. The van der Waals surface area contributed by atoms with Crippen LogP contribution in [0.2, 0.25) is 0 Å². The highest BCUT2D eigenvalue weighted by Crippen LogP contribution is 2.38. The summed E-state index contributed by atoms with van der Waals surface area (Å²) in [6.07, 6.45) is 0. The van der Waals surface area contributed by atoms with Gasteiger partial charge in [0, 0.05) is 28.3 Å². The van der Waals surface area contributed by atoms with E-state index < -0.39 is 0 Å². The van der Waals surface area contributed by atoms with Gasteiger partial charge in [0.25, 0.3) is 5.91 Å². The molecule has 1 amide bonds. The zero-order chi connectivity index (χ0) is 21.0. The largest absolute Gasteiger partial charge is 0.277 e. The first-order chi connectivity index (χ1) is 13.9. The van der Waals surface area contributed by atoms with Crippen LogP contribution in [0.15, 0.2) is 76.5 Å². The molecule has 1 unspecified atom stereocenters. The monoisotopic (exact) mass is 405 g/mol. The maximum atomic E-state index is 12.3. The lowest BCUT2D eigenvalue weighted by Crippen LogP contribution is -2.25. The second-order valence-electron chi connectivity index (χ2n) is 7.18. The second kappa shape index (κ2) is 9.29. The Hall–Kier alpha value is -2.56. The molecule has 0 aliphatic rings. The van der Waals surface area contributed by atoms with Crippen molar-refractivity contribution < 1.29 is 9.63 Å². The third-order valence-electron chi connectivity index (χ3n) is 5.24. The molecule has 1 atom stereocenters. The number of hydroxylamine groups is 2. The maximum Gasteiger partial charge on any atom is 0.277 e. The lowest BCUT2D eigenvalue weighted by atomic mass is 9.90. The number of carbonyl (C=O) groups is 1. The Kier molecular flexibility index (Phi) is 6.78. The molecule has 0 radical (unpaired) electrons. The quantitative estimate of drug-likeness (QED) is 0.455. The Morgan fingerprint density at radius 3 is 2.21 bits per heavy atom. The summed E-state index contributed by atoms with van der Waals surface area (Å²) >= 11 is 1.75. The number of hydrogen-bond acceptors (Lipinski definition) is 3. The van der Waals surface area contributed by atoms with Gasteiger partial charge < -0.3 is 0 Å². The van der Waals surface area contributed by atoms with Crippen molar-refractivity contribution in [2.45, 2.75) is 36.5 Å². The molecule has 0 heterocycles. The van der Waals surface area contributed by atoms with E-state index in [-0.39, 0.29) is 5.91 Å². The van der Waals surface area contributed by atoms with Crippen LogP contribution in [0, 0.1) is 13.8 Å². The molecule has 3 rings (SSSR count). The summed E-state index contributed by atoms with van der Waals surface area (Å²) in [5.74, 6) is 0.150. The summed E-state index contributed by atoms with van der Waals surface area (Å²) in [5, 5.41) is 1.24. The lowest BCUT2D eigenvalue weighted by Gasteiger charge is -2.19. The molecule has 0 saturated carbocycles. The van der Waals surface area contributed by atoms with E-state index in [2.05, 4.69) is 62.4 Å². The fourth-order valence-corrected chi connectivity index (χ4v) is 4.55. The highest BCUT2D eigenvalue weighted by atomic mass is 32.2. The molecule has 0 aliphatic carbocycles. The normalized spacial score (nSPS) is 11.9. The van der Waals surface area contributed by atoms with Crippen LogP contribution in [0.4, 0.5) is 0 Å². The summed E-state index contributed by atoms with van der Waals surface area (Å²) in [4.78, 5) is 19.7. The molecular weight excluding hydrogens is 378 g/mol. The minimum absolute atomic E-state index is 0.152. The number of amides is 1. The molecule has 0 fully saturated rings. The third kappa shape index (κ3) is 4.72. The molecule has 29 heavy (non-hydrogen) atoms. The molecule has 0 aromatic heterocycles. The van der Waals surface area contributed by atoms with Gasteiger partial charge in [-0.15, -0.1) is 0 Å². The van der Waals surface area contributed by atoms with Crippen LogP contribution in [0.25, 0.3) is 0 Å². The molecule has 0 saturated heterocycles. The van der Waals surface area contributed by atoms with Gasteiger partial charge in [-0.3, -0.25) is 9.63 Å². The van der Waals surface area contributed by atoms with Crippen molar-refractivity contribution >= 4 is 17.7 Å². The van der Waals surface area contributed by atoms with E-state index in [4.69, 9.17) is 4.84 Å². The van der Waals surface area contributed by atoms with Gasteiger partial charge in [0.05, 0.1) is 7.11 Å². The minimum atomic E-state index is -0.152. The van der Waals surface area contributed by atoms with E-state index in [9.17, 15) is 4.79 Å². The number of hydrogen-bond donors (Lipinski definition) is 0.